The number of nitrogens with one attached hydrogen (secondary N) is 2. The van der Waals surface area contributed by atoms with Crippen molar-refractivity contribution in [2.75, 3.05) is 44.5 Å². The molecule has 0 saturated carbocycles. The van der Waals surface area contributed by atoms with Crippen molar-refractivity contribution in [1.29, 1.82) is 0 Å². The summed E-state index contributed by atoms with van der Waals surface area (Å²) in [5, 5.41) is 5.95. The Morgan fingerprint density at radius 1 is 1.13 bits per heavy atom. The molecule has 0 unspecified atom stereocenters. The van der Waals surface area contributed by atoms with E-state index in [2.05, 4.69) is 37.4 Å². The Morgan fingerprint density at radius 3 is 2.65 bits per heavy atom. The highest BCUT2D eigenvalue weighted by atomic mass is 16.5. The molecule has 1 amide bonds. The molecule has 8 nitrogen and oxygen atoms in total. The molecule has 3 aromatic rings. The SMILES string of the molecule is CCN(C)c1ccc(-c2cc(NCCc3ccc(C(=O)NC)cc3OC)ncn2)cn1. The number of pyridine rings is 1. The molecular formula is C23H28N6O2. The molecule has 0 spiro atoms. The Hall–Kier alpha value is -3.68. The summed E-state index contributed by atoms with van der Waals surface area (Å²) in [5.74, 6) is 2.21. The summed E-state index contributed by atoms with van der Waals surface area (Å²) in [5.41, 5.74) is 3.33. The molecule has 2 heterocycles. The van der Waals surface area contributed by atoms with Crippen LogP contribution in [0.3, 0.4) is 0 Å². The highest BCUT2D eigenvalue weighted by Crippen LogP contribution is 2.22. The molecule has 0 aliphatic rings. The van der Waals surface area contributed by atoms with Crippen molar-refractivity contribution in [2.45, 2.75) is 13.3 Å². The molecule has 0 atom stereocenters. The minimum Gasteiger partial charge on any atom is -0.496 e. The summed E-state index contributed by atoms with van der Waals surface area (Å²) in [6.07, 6.45) is 4.09. The van der Waals surface area contributed by atoms with Gasteiger partial charge >= 0.3 is 0 Å². The maximum absolute atomic E-state index is 11.8. The monoisotopic (exact) mass is 420 g/mol. The third-order valence-electron chi connectivity index (χ3n) is 5.05. The van der Waals surface area contributed by atoms with Crippen molar-refractivity contribution < 1.29 is 9.53 Å². The summed E-state index contributed by atoms with van der Waals surface area (Å²) in [4.78, 5) is 27.1. The van der Waals surface area contributed by atoms with Crippen LogP contribution in [0.2, 0.25) is 0 Å². The predicted octanol–water partition coefficient (Wildman–Crippen LogP) is 3.02. The van der Waals surface area contributed by atoms with Crippen LogP contribution < -0.4 is 20.3 Å². The molecule has 3 rings (SSSR count). The van der Waals surface area contributed by atoms with E-state index in [1.807, 2.05) is 37.5 Å². The number of rotatable bonds is 9. The Bertz CT molecular complexity index is 1020. The topological polar surface area (TPSA) is 92.3 Å². The van der Waals surface area contributed by atoms with Gasteiger partial charge in [0.15, 0.2) is 0 Å². The van der Waals surface area contributed by atoms with Crippen LogP contribution in [0, 0.1) is 0 Å². The smallest absolute Gasteiger partial charge is 0.251 e. The third-order valence-corrected chi connectivity index (χ3v) is 5.05. The highest BCUT2D eigenvalue weighted by Gasteiger charge is 2.10. The van der Waals surface area contributed by atoms with Gasteiger partial charge in [-0.15, -0.1) is 0 Å². The number of ether oxygens (including phenoxy) is 1. The Labute approximate surface area is 182 Å². The number of carbonyl (C=O) groups excluding carboxylic acids is 1. The normalized spacial score (nSPS) is 10.5. The van der Waals surface area contributed by atoms with Crippen molar-refractivity contribution in [3.8, 4) is 17.0 Å². The van der Waals surface area contributed by atoms with Gasteiger partial charge < -0.3 is 20.3 Å². The van der Waals surface area contributed by atoms with E-state index < -0.39 is 0 Å². The maximum atomic E-state index is 11.8. The first-order chi connectivity index (χ1) is 15.0. The minimum absolute atomic E-state index is 0.139. The maximum Gasteiger partial charge on any atom is 0.251 e. The molecule has 1 aromatic carbocycles. The first-order valence-corrected chi connectivity index (χ1v) is 10.2. The largest absolute Gasteiger partial charge is 0.496 e. The van der Waals surface area contributed by atoms with E-state index >= 15 is 0 Å². The molecule has 0 fully saturated rings. The molecule has 0 bridgehead atoms. The van der Waals surface area contributed by atoms with Crippen LogP contribution in [-0.4, -0.2) is 55.2 Å². The van der Waals surface area contributed by atoms with Crippen LogP contribution in [0.1, 0.15) is 22.8 Å². The molecule has 0 saturated heterocycles. The van der Waals surface area contributed by atoms with Crippen molar-refractivity contribution >= 4 is 17.5 Å². The lowest BCUT2D eigenvalue weighted by Gasteiger charge is -2.15. The number of methoxy groups -OCH3 is 1. The van der Waals surface area contributed by atoms with E-state index in [4.69, 9.17) is 4.74 Å². The average Bonchev–Trinajstić information content (AvgIpc) is 2.83. The summed E-state index contributed by atoms with van der Waals surface area (Å²) in [6, 6.07) is 11.4. The van der Waals surface area contributed by atoms with Crippen LogP contribution in [0.25, 0.3) is 11.3 Å². The number of nitrogens with zero attached hydrogens (tertiary/aromatic N) is 4. The Morgan fingerprint density at radius 2 is 1.97 bits per heavy atom. The number of hydrogen-bond donors (Lipinski definition) is 2. The van der Waals surface area contributed by atoms with Gasteiger partial charge in [0.05, 0.1) is 12.8 Å². The summed E-state index contributed by atoms with van der Waals surface area (Å²) >= 11 is 0. The van der Waals surface area contributed by atoms with Crippen LogP contribution in [0.5, 0.6) is 5.75 Å². The lowest BCUT2D eigenvalue weighted by atomic mass is 10.1. The lowest BCUT2D eigenvalue weighted by Crippen LogP contribution is -2.18. The van der Waals surface area contributed by atoms with Crippen molar-refractivity contribution in [1.82, 2.24) is 20.3 Å². The number of aromatic nitrogens is 3. The first kappa shape index (κ1) is 22.0. The zero-order valence-electron chi connectivity index (χ0n) is 18.3. The van der Waals surface area contributed by atoms with Gasteiger partial charge in [-0.25, -0.2) is 15.0 Å². The van der Waals surface area contributed by atoms with Gasteiger partial charge in [-0.2, -0.15) is 0 Å². The van der Waals surface area contributed by atoms with E-state index in [1.54, 1.807) is 32.6 Å². The van der Waals surface area contributed by atoms with Crippen molar-refractivity contribution in [3.63, 3.8) is 0 Å². The summed E-state index contributed by atoms with van der Waals surface area (Å²) in [7, 11) is 5.22. The molecule has 31 heavy (non-hydrogen) atoms. The highest BCUT2D eigenvalue weighted by molar-refractivity contribution is 5.94. The molecule has 0 aliphatic carbocycles. The fourth-order valence-corrected chi connectivity index (χ4v) is 3.10. The molecule has 2 aromatic heterocycles. The average molecular weight is 421 g/mol. The fourth-order valence-electron chi connectivity index (χ4n) is 3.10. The zero-order chi connectivity index (χ0) is 22.2. The van der Waals surface area contributed by atoms with Gasteiger partial charge in [0.1, 0.15) is 23.7 Å². The molecule has 2 N–H and O–H groups in total. The molecular weight excluding hydrogens is 392 g/mol. The van der Waals surface area contributed by atoms with E-state index in [0.29, 0.717) is 17.9 Å². The standard InChI is InChI=1S/C23H28N6O2/c1-5-29(3)22-9-8-18(14-26-22)19-13-21(28-15-27-19)25-11-10-16-6-7-17(23(30)24-2)12-20(16)31-4/h6-9,12-15H,5,10-11H2,1-4H3,(H,24,30)(H,25,27,28). The van der Waals surface area contributed by atoms with Gasteiger partial charge in [-0.05, 0) is 43.2 Å². The van der Waals surface area contributed by atoms with Gasteiger partial charge in [-0.1, -0.05) is 6.07 Å². The van der Waals surface area contributed by atoms with Crippen molar-refractivity contribution in [2.24, 2.45) is 0 Å². The third kappa shape index (κ3) is 5.48. The van der Waals surface area contributed by atoms with Gasteiger partial charge in [-0.3, -0.25) is 4.79 Å². The summed E-state index contributed by atoms with van der Waals surface area (Å²) < 4.78 is 5.45. The van der Waals surface area contributed by atoms with Crippen LogP contribution in [0.4, 0.5) is 11.6 Å². The minimum atomic E-state index is -0.139. The van der Waals surface area contributed by atoms with E-state index in [9.17, 15) is 4.79 Å². The quantitative estimate of drug-likeness (QED) is 0.550. The number of anilines is 2. The number of hydrogen-bond acceptors (Lipinski definition) is 7. The Kier molecular flexibility index (Phi) is 7.37. The first-order valence-electron chi connectivity index (χ1n) is 10.2. The van der Waals surface area contributed by atoms with E-state index in [0.717, 1.165) is 41.4 Å². The molecule has 0 radical (unpaired) electrons. The number of carbonyl (C=O) groups is 1. The number of amides is 1. The van der Waals surface area contributed by atoms with Crippen LogP contribution in [-0.2, 0) is 6.42 Å². The fraction of sp³-hybridized carbons (Fsp3) is 0.304. The second-order valence-electron chi connectivity index (χ2n) is 6.99. The van der Waals surface area contributed by atoms with Gasteiger partial charge in [0.25, 0.3) is 5.91 Å². The van der Waals surface area contributed by atoms with Crippen LogP contribution >= 0.6 is 0 Å². The molecule has 8 heteroatoms. The van der Waals surface area contributed by atoms with Crippen molar-refractivity contribution in [3.05, 3.63) is 60.0 Å². The summed E-state index contributed by atoms with van der Waals surface area (Å²) in [6.45, 7) is 3.64. The van der Waals surface area contributed by atoms with Crippen LogP contribution in [0.15, 0.2) is 48.9 Å². The Balaban J connectivity index is 1.65. The predicted molar refractivity (Wildman–Crippen MR) is 123 cm³/mol. The van der Waals surface area contributed by atoms with E-state index in [1.165, 1.54) is 0 Å². The number of benzene rings is 1. The second-order valence-corrected chi connectivity index (χ2v) is 6.99. The van der Waals surface area contributed by atoms with E-state index in [-0.39, 0.29) is 5.91 Å². The molecule has 0 aliphatic heterocycles. The molecule has 162 valence electrons. The second kappa shape index (κ2) is 10.4. The van der Waals surface area contributed by atoms with Gasteiger partial charge in [0.2, 0.25) is 0 Å². The lowest BCUT2D eigenvalue weighted by molar-refractivity contribution is 0.0962. The zero-order valence-corrected chi connectivity index (χ0v) is 18.3. The van der Waals surface area contributed by atoms with Gasteiger partial charge in [0, 0.05) is 50.6 Å².